The Kier molecular flexibility index (Phi) is 7.06. The number of anilines is 1. The van der Waals surface area contributed by atoms with E-state index in [4.69, 9.17) is 14.9 Å². The Balaban J connectivity index is 1.31. The third-order valence-electron chi connectivity index (χ3n) is 6.42. The lowest BCUT2D eigenvalue weighted by molar-refractivity contribution is 0.0832. The third kappa shape index (κ3) is 5.21. The average Bonchev–Trinajstić information content (AvgIpc) is 3.48. The van der Waals surface area contributed by atoms with Crippen molar-refractivity contribution in [2.24, 2.45) is 11.7 Å². The Bertz CT molecular complexity index is 1540. The molecule has 0 saturated carbocycles. The molecule has 0 radical (unpaired) electrons. The van der Waals surface area contributed by atoms with Gasteiger partial charge in [-0.3, -0.25) is 9.59 Å². The third-order valence-corrected chi connectivity index (χ3v) is 6.91. The number of nitrogens with two attached hydrogens (primary N) is 1. The van der Waals surface area contributed by atoms with E-state index in [9.17, 15) is 14.4 Å². The first kappa shape index (κ1) is 25.7. The minimum Gasteiger partial charge on any atom is -0.449 e. The van der Waals surface area contributed by atoms with Crippen molar-refractivity contribution in [2.45, 2.75) is 32.6 Å². The van der Waals surface area contributed by atoms with Crippen LogP contribution >= 0.6 is 15.9 Å². The van der Waals surface area contributed by atoms with Crippen molar-refractivity contribution in [3.05, 3.63) is 58.1 Å². The van der Waals surface area contributed by atoms with Crippen molar-refractivity contribution in [1.29, 1.82) is 0 Å². The van der Waals surface area contributed by atoms with Gasteiger partial charge in [-0.25, -0.2) is 14.3 Å². The summed E-state index contributed by atoms with van der Waals surface area (Å²) < 4.78 is 13.2. The van der Waals surface area contributed by atoms with E-state index >= 15 is 0 Å². The number of furan rings is 1. The van der Waals surface area contributed by atoms with Gasteiger partial charge < -0.3 is 25.1 Å². The molecule has 5 rings (SSSR count). The van der Waals surface area contributed by atoms with Crippen LogP contribution in [0.2, 0.25) is 0 Å². The van der Waals surface area contributed by atoms with Gasteiger partial charge in [0.2, 0.25) is 5.76 Å². The van der Waals surface area contributed by atoms with Crippen LogP contribution in [0.25, 0.3) is 16.6 Å². The second-order valence-electron chi connectivity index (χ2n) is 9.71. The number of piperidine rings is 1. The minimum absolute atomic E-state index is 0.138. The highest BCUT2D eigenvalue weighted by molar-refractivity contribution is 9.10. The van der Waals surface area contributed by atoms with Crippen molar-refractivity contribution >= 4 is 56.1 Å². The lowest BCUT2D eigenvalue weighted by Gasteiger charge is -2.30. The van der Waals surface area contributed by atoms with Gasteiger partial charge in [0.05, 0.1) is 17.9 Å². The van der Waals surface area contributed by atoms with E-state index in [0.29, 0.717) is 42.2 Å². The summed E-state index contributed by atoms with van der Waals surface area (Å²) in [5.41, 5.74) is 7.79. The van der Waals surface area contributed by atoms with Crippen LogP contribution in [-0.4, -0.2) is 57.1 Å². The molecule has 4 aromatic rings. The number of aromatic nitrogens is 3. The second-order valence-corrected chi connectivity index (χ2v) is 10.6. The fraction of sp³-hybridized carbons (Fsp3) is 0.346. The van der Waals surface area contributed by atoms with Crippen LogP contribution in [0.5, 0.6) is 0 Å². The summed E-state index contributed by atoms with van der Waals surface area (Å²) in [6.07, 6.45) is 4.27. The van der Waals surface area contributed by atoms with Gasteiger partial charge >= 0.3 is 6.09 Å². The maximum absolute atomic E-state index is 13.1. The van der Waals surface area contributed by atoms with E-state index in [1.165, 1.54) is 6.20 Å². The van der Waals surface area contributed by atoms with E-state index in [0.717, 1.165) is 23.0 Å². The molecular weight excluding hydrogens is 556 g/mol. The number of nitrogens with one attached hydrogen (secondary N) is 1. The molecule has 3 N–H and O–H groups in total. The van der Waals surface area contributed by atoms with Gasteiger partial charge in [0.1, 0.15) is 11.3 Å². The molecule has 1 aliphatic heterocycles. The molecule has 198 valence electrons. The summed E-state index contributed by atoms with van der Waals surface area (Å²) in [5.74, 6) is -0.967. The van der Waals surface area contributed by atoms with E-state index in [-0.39, 0.29) is 29.0 Å². The van der Waals surface area contributed by atoms with Crippen LogP contribution in [0.4, 0.5) is 10.5 Å². The number of rotatable bonds is 6. The maximum atomic E-state index is 13.1. The largest absolute Gasteiger partial charge is 0.449 e. The van der Waals surface area contributed by atoms with Gasteiger partial charge in [-0.1, -0.05) is 29.8 Å². The second kappa shape index (κ2) is 10.4. The molecule has 38 heavy (non-hydrogen) atoms. The molecule has 0 aliphatic carbocycles. The lowest BCUT2D eigenvalue weighted by atomic mass is 9.94. The normalized spacial score (nSPS) is 14.4. The molecule has 0 atom stereocenters. The summed E-state index contributed by atoms with van der Waals surface area (Å²) in [4.78, 5) is 43.4. The molecule has 3 amide bonds. The van der Waals surface area contributed by atoms with Crippen LogP contribution in [0, 0.1) is 5.92 Å². The fourth-order valence-corrected chi connectivity index (χ4v) is 4.81. The Labute approximate surface area is 226 Å². The van der Waals surface area contributed by atoms with Gasteiger partial charge in [0.25, 0.3) is 11.8 Å². The Morgan fingerprint density at radius 2 is 2.00 bits per heavy atom. The monoisotopic (exact) mass is 582 g/mol. The molecule has 0 unspecified atom stereocenters. The molecule has 0 spiro atoms. The minimum atomic E-state index is -0.794. The maximum Gasteiger partial charge on any atom is 0.409 e. The van der Waals surface area contributed by atoms with Crippen molar-refractivity contribution in [3.8, 4) is 0 Å². The van der Waals surface area contributed by atoms with Crippen LogP contribution < -0.4 is 11.1 Å². The van der Waals surface area contributed by atoms with Gasteiger partial charge in [-0.15, -0.1) is 0 Å². The summed E-state index contributed by atoms with van der Waals surface area (Å²) in [6.45, 7) is 5.60. The zero-order valence-electron chi connectivity index (χ0n) is 20.9. The number of halogens is 1. The topological polar surface area (TPSA) is 145 Å². The van der Waals surface area contributed by atoms with Gasteiger partial charge in [0, 0.05) is 47.3 Å². The van der Waals surface area contributed by atoms with E-state index < -0.39 is 11.8 Å². The molecule has 3 aromatic heterocycles. The Hall–Kier alpha value is -3.93. The van der Waals surface area contributed by atoms with Crippen LogP contribution in [-0.2, 0) is 4.74 Å². The first-order chi connectivity index (χ1) is 18.2. The molecule has 4 heterocycles. The number of nitrogens with zero attached hydrogens (tertiary/aromatic N) is 4. The molecule has 1 saturated heterocycles. The number of amides is 3. The number of ether oxygens (including phenoxy) is 1. The highest BCUT2D eigenvalue weighted by Crippen LogP contribution is 2.33. The Morgan fingerprint density at radius 3 is 2.71 bits per heavy atom. The van der Waals surface area contributed by atoms with Crippen LogP contribution in [0.15, 0.2) is 45.5 Å². The van der Waals surface area contributed by atoms with E-state index in [1.807, 2.05) is 19.9 Å². The number of benzene rings is 1. The summed E-state index contributed by atoms with van der Waals surface area (Å²) in [6, 6.07) is 7.07. The quantitative estimate of drug-likeness (QED) is 0.339. The van der Waals surface area contributed by atoms with Gasteiger partial charge in [-0.2, -0.15) is 5.10 Å². The van der Waals surface area contributed by atoms with Gasteiger partial charge in [-0.05, 0) is 37.0 Å². The fourth-order valence-electron chi connectivity index (χ4n) is 4.45. The highest BCUT2D eigenvalue weighted by atomic mass is 79.9. The van der Waals surface area contributed by atoms with Crippen molar-refractivity contribution in [1.82, 2.24) is 19.5 Å². The van der Waals surface area contributed by atoms with E-state index in [1.54, 1.807) is 33.8 Å². The SMILES string of the molecule is CC(C)COC(=O)N1CCC(c2cc3ncc(C(=O)Nc4c(C(N)=O)oc5ccc(Br)cc45)cn3n2)CC1. The predicted octanol–water partition coefficient (Wildman–Crippen LogP) is 4.56. The van der Waals surface area contributed by atoms with Crippen LogP contribution in [0.3, 0.4) is 0 Å². The molecular formula is C26H27BrN6O5. The highest BCUT2D eigenvalue weighted by Gasteiger charge is 2.27. The number of carbonyl (C=O) groups is 3. The zero-order valence-corrected chi connectivity index (χ0v) is 22.5. The van der Waals surface area contributed by atoms with Crippen molar-refractivity contribution < 1.29 is 23.5 Å². The number of primary amides is 1. The summed E-state index contributed by atoms with van der Waals surface area (Å²) >= 11 is 3.39. The standard InChI is InChI=1S/C26H27BrN6O5/c1-14(2)13-37-26(36)32-7-5-15(6-8-32)19-10-21-29-11-16(12-33(21)31-19)25(35)30-22-18-9-17(27)3-4-20(18)38-23(22)24(28)34/h3-4,9-12,14-15H,5-8,13H2,1-2H3,(H2,28,34)(H,30,35). The number of likely N-dealkylation sites (tertiary alicyclic amines) is 1. The van der Waals surface area contributed by atoms with Crippen molar-refractivity contribution in [3.63, 3.8) is 0 Å². The zero-order chi connectivity index (χ0) is 27.0. The molecule has 1 aliphatic rings. The molecule has 1 aromatic carbocycles. The summed E-state index contributed by atoms with van der Waals surface area (Å²) in [5, 5.41) is 7.93. The first-order valence-corrected chi connectivity index (χ1v) is 13.1. The van der Waals surface area contributed by atoms with Gasteiger partial charge in [0.15, 0.2) is 5.65 Å². The predicted molar refractivity (Wildman–Crippen MR) is 143 cm³/mol. The van der Waals surface area contributed by atoms with Crippen LogP contribution in [0.1, 0.15) is 59.2 Å². The average molecular weight is 583 g/mol. The summed E-state index contributed by atoms with van der Waals surface area (Å²) in [7, 11) is 0. The van der Waals surface area contributed by atoms with Crippen molar-refractivity contribution in [2.75, 3.05) is 25.0 Å². The van der Waals surface area contributed by atoms with E-state index in [2.05, 4.69) is 31.3 Å². The smallest absolute Gasteiger partial charge is 0.409 e. The number of carbonyl (C=O) groups excluding carboxylic acids is 3. The molecule has 1 fully saturated rings. The lowest BCUT2D eigenvalue weighted by Crippen LogP contribution is -2.38. The molecule has 12 heteroatoms. The number of fused-ring (bicyclic) bond motifs is 2. The molecule has 0 bridgehead atoms. The Morgan fingerprint density at radius 1 is 1.24 bits per heavy atom. The molecule has 11 nitrogen and oxygen atoms in total. The number of hydrogen-bond donors (Lipinski definition) is 2. The number of hydrogen-bond acceptors (Lipinski definition) is 7. The first-order valence-electron chi connectivity index (χ1n) is 12.3.